The van der Waals surface area contributed by atoms with E-state index < -0.39 is 0 Å². The second-order valence-corrected chi connectivity index (χ2v) is 7.21. The van der Waals surface area contributed by atoms with E-state index in [0.717, 1.165) is 28.1 Å². The molecule has 0 unspecified atom stereocenters. The molecule has 3 aromatic carbocycles. The summed E-state index contributed by atoms with van der Waals surface area (Å²) in [4.78, 5) is 12.4. The minimum Gasteiger partial charge on any atom is -0.348 e. The van der Waals surface area contributed by atoms with E-state index in [1.807, 2.05) is 66.9 Å². The second-order valence-electron chi connectivity index (χ2n) is 7.21. The molecule has 0 spiro atoms. The number of hydrogen-bond acceptors (Lipinski definition) is 2. The Bertz CT molecular complexity index is 1210. The summed E-state index contributed by atoms with van der Waals surface area (Å²) < 4.78 is 15.2. The number of carbonyl (C=O) groups is 1. The molecule has 0 radical (unpaired) electrons. The maximum Gasteiger partial charge on any atom is 0.244 e. The molecule has 4 rings (SSSR count). The number of aromatic nitrogens is 2. The van der Waals surface area contributed by atoms with Crippen molar-refractivity contribution in [2.75, 3.05) is 0 Å². The van der Waals surface area contributed by atoms with Gasteiger partial charge in [0.05, 0.1) is 11.4 Å². The lowest BCUT2D eigenvalue weighted by Crippen LogP contribution is -2.20. The Morgan fingerprint density at radius 3 is 2.45 bits per heavy atom. The van der Waals surface area contributed by atoms with Gasteiger partial charge in [-0.1, -0.05) is 60.7 Å². The Kier molecular flexibility index (Phi) is 6.03. The van der Waals surface area contributed by atoms with Gasteiger partial charge in [-0.2, -0.15) is 5.10 Å². The highest BCUT2D eigenvalue weighted by Gasteiger charge is 2.10. The molecule has 5 heteroatoms. The van der Waals surface area contributed by atoms with Crippen LogP contribution in [0, 0.1) is 12.7 Å². The number of aryl methyl sites for hydroxylation is 1. The van der Waals surface area contributed by atoms with Gasteiger partial charge in [-0.15, -0.1) is 0 Å². The topological polar surface area (TPSA) is 46.9 Å². The number of amides is 1. The van der Waals surface area contributed by atoms with Crippen LogP contribution in [-0.2, 0) is 11.3 Å². The lowest BCUT2D eigenvalue weighted by atomic mass is 10.1. The van der Waals surface area contributed by atoms with Gasteiger partial charge in [0.1, 0.15) is 5.82 Å². The van der Waals surface area contributed by atoms with E-state index in [1.54, 1.807) is 29.8 Å². The third-order valence-electron chi connectivity index (χ3n) is 4.91. The van der Waals surface area contributed by atoms with Crippen LogP contribution in [0.5, 0.6) is 0 Å². The van der Waals surface area contributed by atoms with Crippen molar-refractivity contribution in [3.8, 4) is 16.9 Å². The highest BCUT2D eigenvalue weighted by Crippen LogP contribution is 2.24. The summed E-state index contributed by atoms with van der Waals surface area (Å²) in [5.74, 6) is -0.479. The molecule has 31 heavy (non-hydrogen) atoms. The zero-order chi connectivity index (χ0) is 21.6. The van der Waals surface area contributed by atoms with E-state index in [-0.39, 0.29) is 11.7 Å². The number of hydrogen-bond donors (Lipinski definition) is 1. The van der Waals surface area contributed by atoms with Crippen LogP contribution in [0.3, 0.4) is 0 Å². The predicted octanol–water partition coefficient (Wildman–Crippen LogP) is 5.32. The summed E-state index contributed by atoms with van der Waals surface area (Å²) in [6, 6.07) is 24.5. The lowest BCUT2D eigenvalue weighted by molar-refractivity contribution is -0.116. The van der Waals surface area contributed by atoms with Crippen molar-refractivity contribution in [1.29, 1.82) is 0 Å². The number of nitrogens with zero attached hydrogens (tertiary/aromatic N) is 2. The van der Waals surface area contributed by atoms with Gasteiger partial charge < -0.3 is 5.32 Å². The average molecular weight is 411 g/mol. The van der Waals surface area contributed by atoms with Crippen molar-refractivity contribution >= 4 is 12.0 Å². The maximum atomic E-state index is 13.4. The van der Waals surface area contributed by atoms with Gasteiger partial charge >= 0.3 is 0 Å². The van der Waals surface area contributed by atoms with Crippen molar-refractivity contribution in [3.05, 3.63) is 114 Å². The predicted molar refractivity (Wildman–Crippen MR) is 121 cm³/mol. The van der Waals surface area contributed by atoms with E-state index in [1.165, 1.54) is 12.1 Å². The summed E-state index contributed by atoms with van der Waals surface area (Å²) in [6.45, 7) is 2.04. The largest absolute Gasteiger partial charge is 0.348 e. The number of halogens is 1. The second kappa shape index (κ2) is 9.22. The average Bonchev–Trinajstić information content (AvgIpc) is 3.24. The van der Waals surface area contributed by atoms with Gasteiger partial charge in [0, 0.05) is 29.9 Å². The van der Waals surface area contributed by atoms with Gasteiger partial charge in [-0.25, -0.2) is 9.07 Å². The van der Waals surface area contributed by atoms with Crippen molar-refractivity contribution in [3.63, 3.8) is 0 Å². The third-order valence-corrected chi connectivity index (χ3v) is 4.91. The SMILES string of the molecule is Cc1cc(CNC(=O)/C=C/c2cn(-c3ccccc3)nc2-c2ccccc2)ccc1F. The van der Waals surface area contributed by atoms with E-state index in [4.69, 9.17) is 5.10 Å². The molecule has 1 heterocycles. The fourth-order valence-corrected chi connectivity index (χ4v) is 3.27. The van der Waals surface area contributed by atoms with Gasteiger partial charge in [-0.05, 0) is 42.3 Å². The fraction of sp³-hybridized carbons (Fsp3) is 0.0769. The molecule has 1 aromatic heterocycles. The van der Waals surface area contributed by atoms with Crippen LogP contribution < -0.4 is 5.32 Å². The maximum absolute atomic E-state index is 13.4. The van der Waals surface area contributed by atoms with E-state index in [2.05, 4.69) is 5.32 Å². The van der Waals surface area contributed by atoms with Crippen LogP contribution in [0.1, 0.15) is 16.7 Å². The first-order valence-electron chi connectivity index (χ1n) is 10.0. The van der Waals surface area contributed by atoms with Gasteiger partial charge in [0.25, 0.3) is 0 Å². The summed E-state index contributed by atoms with van der Waals surface area (Å²) in [5.41, 5.74) is 4.95. The van der Waals surface area contributed by atoms with Crippen LogP contribution in [0.25, 0.3) is 23.0 Å². The highest BCUT2D eigenvalue weighted by molar-refractivity contribution is 5.92. The smallest absolute Gasteiger partial charge is 0.244 e. The zero-order valence-electron chi connectivity index (χ0n) is 17.1. The molecule has 4 nitrogen and oxygen atoms in total. The van der Waals surface area contributed by atoms with Crippen molar-refractivity contribution in [2.45, 2.75) is 13.5 Å². The van der Waals surface area contributed by atoms with Crippen LogP contribution >= 0.6 is 0 Å². The molecular weight excluding hydrogens is 389 g/mol. The Morgan fingerprint density at radius 2 is 1.74 bits per heavy atom. The number of para-hydroxylation sites is 1. The molecule has 0 bridgehead atoms. The number of rotatable bonds is 6. The molecule has 0 saturated heterocycles. The first kappa shape index (κ1) is 20.3. The summed E-state index contributed by atoms with van der Waals surface area (Å²) in [5, 5.41) is 7.58. The Balaban J connectivity index is 1.54. The molecular formula is C26H22FN3O. The van der Waals surface area contributed by atoms with E-state index >= 15 is 0 Å². The molecule has 0 fully saturated rings. The van der Waals surface area contributed by atoms with E-state index in [9.17, 15) is 9.18 Å². The number of nitrogens with one attached hydrogen (secondary N) is 1. The monoisotopic (exact) mass is 411 g/mol. The number of carbonyl (C=O) groups excluding carboxylic acids is 1. The standard InChI is InChI=1S/C26H22FN3O/c1-19-16-20(12-14-24(19)27)17-28-25(31)15-13-22-18-30(23-10-6-3-7-11-23)29-26(22)21-8-4-2-5-9-21/h2-16,18H,17H2,1H3,(H,28,31)/b15-13+. The fourth-order valence-electron chi connectivity index (χ4n) is 3.27. The van der Waals surface area contributed by atoms with Crippen LogP contribution in [0.4, 0.5) is 4.39 Å². The zero-order valence-corrected chi connectivity index (χ0v) is 17.1. The van der Waals surface area contributed by atoms with E-state index in [0.29, 0.717) is 12.1 Å². The summed E-state index contributed by atoms with van der Waals surface area (Å²) in [7, 11) is 0. The van der Waals surface area contributed by atoms with Crippen molar-refractivity contribution in [2.24, 2.45) is 0 Å². The first-order chi connectivity index (χ1) is 15.1. The van der Waals surface area contributed by atoms with Crippen LogP contribution in [0.2, 0.25) is 0 Å². The Hall–Kier alpha value is -3.99. The molecule has 0 aliphatic rings. The molecule has 1 amide bonds. The van der Waals surface area contributed by atoms with Crippen molar-refractivity contribution < 1.29 is 9.18 Å². The molecule has 0 aliphatic heterocycles. The molecule has 4 aromatic rings. The molecule has 154 valence electrons. The normalized spacial score (nSPS) is 11.0. The summed E-state index contributed by atoms with van der Waals surface area (Å²) in [6.07, 6.45) is 5.17. The quantitative estimate of drug-likeness (QED) is 0.437. The van der Waals surface area contributed by atoms with Crippen LogP contribution in [0.15, 0.2) is 91.1 Å². The third kappa shape index (κ3) is 4.95. The minimum absolute atomic E-state index is 0.228. The molecule has 0 aliphatic carbocycles. The first-order valence-corrected chi connectivity index (χ1v) is 10.0. The molecule has 1 N–H and O–H groups in total. The van der Waals surface area contributed by atoms with Crippen molar-refractivity contribution in [1.82, 2.24) is 15.1 Å². The highest BCUT2D eigenvalue weighted by atomic mass is 19.1. The molecule has 0 atom stereocenters. The van der Waals surface area contributed by atoms with Crippen LogP contribution in [-0.4, -0.2) is 15.7 Å². The van der Waals surface area contributed by atoms with Gasteiger partial charge in [0.2, 0.25) is 5.91 Å². The summed E-state index contributed by atoms with van der Waals surface area (Å²) >= 11 is 0. The Morgan fingerprint density at radius 1 is 1.03 bits per heavy atom. The number of benzene rings is 3. The molecule has 0 saturated carbocycles. The minimum atomic E-state index is -0.251. The Labute approximate surface area is 180 Å². The van der Waals surface area contributed by atoms with Gasteiger partial charge in [-0.3, -0.25) is 4.79 Å². The van der Waals surface area contributed by atoms with Gasteiger partial charge in [0.15, 0.2) is 0 Å². The lowest BCUT2D eigenvalue weighted by Gasteiger charge is -2.04.